The Bertz CT molecular complexity index is 524. The van der Waals surface area contributed by atoms with Gasteiger partial charge >= 0.3 is 5.97 Å². The summed E-state index contributed by atoms with van der Waals surface area (Å²) in [5.74, 6) is -1.87. The van der Waals surface area contributed by atoms with Crippen molar-refractivity contribution in [3.05, 3.63) is 41.7 Å². The van der Waals surface area contributed by atoms with E-state index in [2.05, 4.69) is 0 Å². The second-order valence-corrected chi connectivity index (χ2v) is 4.85. The first-order chi connectivity index (χ1) is 9.56. The number of nitrogens with zero attached hydrogens (tertiary/aromatic N) is 1. The second kappa shape index (κ2) is 6.32. The number of halogens is 1. The van der Waals surface area contributed by atoms with E-state index < -0.39 is 11.9 Å². The molecule has 20 heavy (non-hydrogen) atoms. The summed E-state index contributed by atoms with van der Waals surface area (Å²) in [6.45, 7) is 0.832. The van der Waals surface area contributed by atoms with Gasteiger partial charge in [0.15, 0.2) is 0 Å². The molecule has 2 rings (SSSR count). The van der Waals surface area contributed by atoms with E-state index >= 15 is 0 Å². The molecule has 1 saturated heterocycles. The summed E-state index contributed by atoms with van der Waals surface area (Å²) in [6.07, 6.45) is 4.32. The van der Waals surface area contributed by atoms with Crippen molar-refractivity contribution in [3.63, 3.8) is 0 Å². The van der Waals surface area contributed by atoms with E-state index in [1.165, 1.54) is 18.2 Å². The Labute approximate surface area is 116 Å². The zero-order chi connectivity index (χ0) is 14.5. The fourth-order valence-corrected chi connectivity index (χ4v) is 2.23. The molecule has 0 bridgehead atoms. The molecule has 1 aromatic rings. The summed E-state index contributed by atoms with van der Waals surface area (Å²) in [5, 5.41) is 8.98. The average molecular weight is 277 g/mol. The van der Waals surface area contributed by atoms with Crippen LogP contribution in [0.1, 0.15) is 18.4 Å². The van der Waals surface area contributed by atoms with Gasteiger partial charge in [-0.05, 0) is 36.6 Å². The molecule has 4 nitrogen and oxygen atoms in total. The van der Waals surface area contributed by atoms with E-state index in [0.717, 1.165) is 5.56 Å². The number of carboxylic acids is 1. The van der Waals surface area contributed by atoms with Crippen LogP contribution < -0.4 is 0 Å². The van der Waals surface area contributed by atoms with Crippen molar-refractivity contribution in [3.8, 4) is 0 Å². The molecular weight excluding hydrogens is 261 g/mol. The molecule has 0 aliphatic carbocycles. The van der Waals surface area contributed by atoms with Crippen molar-refractivity contribution >= 4 is 18.0 Å². The van der Waals surface area contributed by atoms with Crippen LogP contribution in [0.5, 0.6) is 0 Å². The molecule has 1 fully saturated rings. The van der Waals surface area contributed by atoms with Crippen LogP contribution in [-0.2, 0) is 9.59 Å². The van der Waals surface area contributed by atoms with Gasteiger partial charge in [-0.1, -0.05) is 12.1 Å². The third-order valence-electron chi connectivity index (χ3n) is 3.37. The molecule has 5 heteroatoms. The van der Waals surface area contributed by atoms with Crippen molar-refractivity contribution in [1.29, 1.82) is 0 Å². The van der Waals surface area contributed by atoms with Crippen LogP contribution in [0.25, 0.3) is 6.08 Å². The maximum Gasteiger partial charge on any atom is 0.308 e. The molecule has 1 aliphatic rings. The highest BCUT2D eigenvalue weighted by Crippen LogP contribution is 2.17. The Balaban J connectivity index is 1.97. The lowest BCUT2D eigenvalue weighted by Gasteiger charge is -2.29. The lowest BCUT2D eigenvalue weighted by Crippen LogP contribution is -2.41. The van der Waals surface area contributed by atoms with Gasteiger partial charge in [0.2, 0.25) is 5.91 Å². The number of carboxylic acid groups (broad SMARTS) is 1. The van der Waals surface area contributed by atoms with E-state index in [1.807, 2.05) is 0 Å². The van der Waals surface area contributed by atoms with Gasteiger partial charge in [0.1, 0.15) is 5.82 Å². The molecule has 1 N–H and O–H groups in total. The number of hydrogen-bond acceptors (Lipinski definition) is 2. The third-order valence-corrected chi connectivity index (χ3v) is 3.37. The molecule has 0 unspecified atom stereocenters. The molecule has 1 amide bonds. The van der Waals surface area contributed by atoms with Crippen LogP contribution in [0.15, 0.2) is 30.3 Å². The maximum absolute atomic E-state index is 12.7. The van der Waals surface area contributed by atoms with Gasteiger partial charge in [-0.2, -0.15) is 0 Å². The summed E-state index contributed by atoms with van der Waals surface area (Å²) in [5.41, 5.74) is 0.728. The first kappa shape index (κ1) is 14.2. The summed E-state index contributed by atoms with van der Waals surface area (Å²) >= 11 is 0. The van der Waals surface area contributed by atoms with Crippen LogP contribution in [-0.4, -0.2) is 35.0 Å². The molecule has 0 radical (unpaired) electrons. The Kier molecular flexibility index (Phi) is 4.50. The lowest BCUT2D eigenvalue weighted by molar-refractivity contribution is -0.144. The second-order valence-electron chi connectivity index (χ2n) is 4.85. The number of aliphatic carboxylic acids is 1. The fourth-order valence-electron chi connectivity index (χ4n) is 2.23. The predicted molar refractivity (Wildman–Crippen MR) is 72.4 cm³/mol. The highest BCUT2D eigenvalue weighted by atomic mass is 19.1. The van der Waals surface area contributed by atoms with Crippen LogP contribution in [0.3, 0.4) is 0 Å². The SMILES string of the molecule is O=C(O)[C@H]1CCCN(C(=O)/C=C/c2ccc(F)cc2)C1. The van der Waals surface area contributed by atoms with Crippen molar-refractivity contribution < 1.29 is 19.1 Å². The minimum atomic E-state index is -0.856. The van der Waals surface area contributed by atoms with Crippen LogP contribution >= 0.6 is 0 Å². The largest absolute Gasteiger partial charge is 0.481 e. The highest BCUT2D eigenvalue weighted by Gasteiger charge is 2.26. The van der Waals surface area contributed by atoms with Crippen LogP contribution in [0.2, 0.25) is 0 Å². The summed E-state index contributed by atoms with van der Waals surface area (Å²) in [6, 6.07) is 5.81. The molecule has 1 aromatic carbocycles. The van der Waals surface area contributed by atoms with Crippen LogP contribution in [0.4, 0.5) is 4.39 Å². The number of rotatable bonds is 3. The number of likely N-dealkylation sites (tertiary alicyclic amines) is 1. The Morgan fingerprint density at radius 1 is 1.30 bits per heavy atom. The van der Waals surface area contributed by atoms with Crippen molar-refractivity contribution in [2.24, 2.45) is 5.92 Å². The summed E-state index contributed by atoms with van der Waals surface area (Å²) in [4.78, 5) is 24.5. The quantitative estimate of drug-likeness (QED) is 0.861. The lowest BCUT2D eigenvalue weighted by atomic mass is 9.98. The number of hydrogen-bond donors (Lipinski definition) is 1. The molecule has 106 valence electrons. The minimum absolute atomic E-state index is 0.208. The molecule has 1 heterocycles. The smallest absolute Gasteiger partial charge is 0.308 e. The van der Waals surface area contributed by atoms with Gasteiger partial charge in [0.05, 0.1) is 5.92 Å². The van der Waals surface area contributed by atoms with E-state index in [-0.39, 0.29) is 18.3 Å². The molecule has 1 atom stereocenters. The van der Waals surface area contributed by atoms with Crippen molar-refractivity contribution in [1.82, 2.24) is 4.90 Å². The van der Waals surface area contributed by atoms with Crippen molar-refractivity contribution in [2.45, 2.75) is 12.8 Å². The number of carbonyl (C=O) groups excluding carboxylic acids is 1. The maximum atomic E-state index is 12.7. The number of piperidine rings is 1. The first-order valence-electron chi connectivity index (χ1n) is 6.51. The van der Waals surface area contributed by atoms with Crippen molar-refractivity contribution in [2.75, 3.05) is 13.1 Å². The Morgan fingerprint density at radius 2 is 2.00 bits per heavy atom. The molecule has 0 spiro atoms. The van der Waals surface area contributed by atoms with Gasteiger partial charge in [0.25, 0.3) is 0 Å². The number of benzene rings is 1. The zero-order valence-corrected chi connectivity index (χ0v) is 11.0. The Morgan fingerprint density at radius 3 is 2.65 bits per heavy atom. The van der Waals surface area contributed by atoms with Gasteiger partial charge in [-0.3, -0.25) is 9.59 Å². The molecule has 1 aliphatic heterocycles. The highest BCUT2D eigenvalue weighted by molar-refractivity contribution is 5.92. The molecular formula is C15H16FNO3. The number of amides is 1. The normalized spacial score (nSPS) is 19.2. The van der Waals surface area contributed by atoms with Crippen LogP contribution in [0, 0.1) is 11.7 Å². The average Bonchev–Trinajstić information content (AvgIpc) is 2.46. The fraction of sp³-hybridized carbons (Fsp3) is 0.333. The predicted octanol–water partition coefficient (Wildman–Crippen LogP) is 2.16. The topological polar surface area (TPSA) is 57.6 Å². The Hall–Kier alpha value is -2.17. The third kappa shape index (κ3) is 3.66. The first-order valence-corrected chi connectivity index (χ1v) is 6.51. The van der Waals surface area contributed by atoms with E-state index in [9.17, 15) is 14.0 Å². The van der Waals surface area contributed by atoms with Gasteiger partial charge in [0, 0.05) is 19.2 Å². The van der Waals surface area contributed by atoms with E-state index in [0.29, 0.717) is 19.4 Å². The van der Waals surface area contributed by atoms with Gasteiger partial charge in [-0.25, -0.2) is 4.39 Å². The summed E-state index contributed by atoms with van der Waals surface area (Å²) < 4.78 is 12.7. The molecule has 0 saturated carbocycles. The van der Waals surface area contributed by atoms with Gasteiger partial charge in [-0.15, -0.1) is 0 Å². The summed E-state index contributed by atoms with van der Waals surface area (Å²) in [7, 11) is 0. The van der Waals surface area contributed by atoms with Gasteiger partial charge < -0.3 is 10.0 Å². The monoisotopic (exact) mass is 277 g/mol. The minimum Gasteiger partial charge on any atom is -0.481 e. The van der Waals surface area contributed by atoms with E-state index in [4.69, 9.17) is 5.11 Å². The van der Waals surface area contributed by atoms with E-state index in [1.54, 1.807) is 23.1 Å². The standard InChI is InChI=1S/C15H16FNO3/c16-13-6-3-11(4-7-13)5-8-14(18)17-9-1-2-12(10-17)15(19)20/h3-8,12H,1-2,9-10H2,(H,19,20)/b8-5+/t12-/m0/s1. The molecule has 0 aromatic heterocycles. The number of carbonyl (C=O) groups is 2. The zero-order valence-electron chi connectivity index (χ0n) is 11.0.